The fourth-order valence-electron chi connectivity index (χ4n) is 3.95. The van der Waals surface area contributed by atoms with E-state index in [4.69, 9.17) is 0 Å². The maximum atomic E-state index is 13.2. The molecule has 4 rings (SSSR count). The lowest BCUT2D eigenvalue weighted by Gasteiger charge is -2.37. The summed E-state index contributed by atoms with van der Waals surface area (Å²) in [6, 6.07) is 12.9. The summed E-state index contributed by atoms with van der Waals surface area (Å²) < 4.78 is 26.5. The number of rotatable bonds is 3. The van der Waals surface area contributed by atoms with E-state index in [0.29, 0.717) is 11.6 Å². The molecule has 4 heteroatoms. The van der Waals surface area contributed by atoms with Crippen LogP contribution < -0.4 is 4.90 Å². The SMILES string of the molecule is Fc1cc(F)cc(C=CN2CCC(N3CCc4ccccc43)CC2)c1. The molecule has 0 saturated carbocycles. The van der Waals surface area contributed by atoms with Crippen molar-refractivity contribution >= 4 is 11.8 Å². The van der Waals surface area contributed by atoms with Crippen molar-refractivity contribution in [2.45, 2.75) is 25.3 Å². The van der Waals surface area contributed by atoms with E-state index in [0.717, 1.165) is 45.0 Å². The quantitative estimate of drug-likeness (QED) is 0.814. The van der Waals surface area contributed by atoms with Gasteiger partial charge in [-0.1, -0.05) is 18.2 Å². The van der Waals surface area contributed by atoms with Crippen molar-refractivity contribution in [3.05, 3.63) is 71.4 Å². The zero-order valence-electron chi connectivity index (χ0n) is 14.2. The van der Waals surface area contributed by atoms with E-state index in [2.05, 4.69) is 34.1 Å². The molecule has 2 aliphatic rings. The fourth-order valence-corrected chi connectivity index (χ4v) is 3.95. The smallest absolute Gasteiger partial charge is 0.126 e. The summed E-state index contributed by atoms with van der Waals surface area (Å²) in [6.07, 6.45) is 7.10. The number of anilines is 1. The fraction of sp³-hybridized carbons (Fsp3) is 0.333. The highest BCUT2D eigenvalue weighted by Gasteiger charge is 2.28. The number of halogens is 2. The van der Waals surface area contributed by atoms with Gasteiger partial charge < -0.3 is 9.80 Å². The Kier molecular flexibility index (Phi) is 4.43. The van der Waals surface area contributed by atoms with Crippen LogP contribution in [0.25, 0.3) is 6.08 Å². The van der Waals surface area contributed by atoms with E-state index in [1.807, 2.05) is 6.20 Å². The molecule has 2 aromatic carbocycles. The largest absolute Gasteiger partial charge is 0.377 e. The number of hydrogen-bond acceptors (Lipinski definition) is 2. The molecule has 0 radical (unpaired) electrons. The Morgan fingerprint density at radius 1 is 0.920 bits per heavy atom. The zero-order chi connectivity index (χ0) is 17.2. The molecule has 0 amide bonds. The molecule has 0 unspecified atom stereocenters. The summed E-state index contributed by atoms with van der Waals surface area (Å²) >= 11 is 0. The van der Waals surface area contributed by atoms with Crippen LogP contribution in [0.4, 0.5) is 14.5 Å². The predicted molar refractivity (Wildman–Crippen MR) is 97.5 cm³/mol. The van der Waals surface area contributed by atoms with E-state index < -0.39 is 11.6 Å². The first-order valence-electron chi connectivity index (χ1n) is 8.92. The molecule has 0 aromatic heterocycles. The van der Waals surface area contributed by atoms with Crippen LogP contribution in [0, 0.1) is 11.6 Å². The molecule has 2 aromatic rings. The molecule has 1 saturated heterocycles. The number of benzene rings is 2. The number of piperidine rings is 1. The average molecular weight is 340 g/mol. The summed E-state index contributed by atoms with van der Waals surface area (Å²) in [5, 5.41) is 0. The Hall–Kier alpha value is -2.36. The summed E-state index contributed by atoms with van der Waals surface area (Å²) in [7, 11) is 0. The molecule has 1 fully saturated rings. The lowest BCUT2D eigenvalue weighted by Crippen LogP contribution is -2.42. The van der Waals surface area contributed by atoms with Crippen molar-refractivity contribution in [2.75, 3.05) is 24.5 Å². The second-order valence-corrected chi connectivity index (χ2v) is 6.86. The van der Waals surface area contributed by atoms with Crippen LogP contribution in [0.1, 0.15) is 24.0 Å². The minimum Gasteiger partial charge on any atom is -0.377 e. The normalized spacial score (nSPS) is 18.2. The van der Waals surface area contributed by atoms with Crippen LogP contribution in [0.5, 0.6) is 0 Å². The summed E-state index contributed by atoms with van der Waals surface area (Å²) in [5.74, 6) is -1.07. The van der Waals surface area contributed by atoms with Gasteiger partial charge in [-0.2, -0.15) is 0 Å². The zero-order valence-corrected chi connectivity index (χ0v) is 14.2. The molecular formula is C21H22F2N2. The third-order valence-electron chi connectivity index (χ3n) is 5.23. The molecule has 2 heterocycles. The van der Waals surface area contributed by atoms with Gasteiger partial charge >= 0.3 is 0 Å². The summed E-state index contributed by atoms with van der Waals surface area (Å²) in [6.45, 7) is 3.05. The standard InChI is InChI=1S/C21H22F2N2/c22-18-13-16(14-19(23)15-18)5-9-24-10-7-20(8-11-24)25-12-6-17-3-1-2-4-21(17)25/h1-5,9,13-15,20H,6-8,10-12H2. The van der Waals surface area contributed by atoms with Gasteiger partial charge in [0.25, 0.3) is 0 Å². The first-order chi connectivity index (χ1) is 12.2. The molecule has 2 nitrogen and oxygen atoms in total. The molecule has 2 aliphatic heterocycles. The first kappa shape index (κ1) is 16.1. The van der Waals surface area contributed by atoms with Crippen LogP contribution in [0.2, 0.25) is 0 Å². The van der Waals surface area contributed by atoms with Crippen molar-refractivity contribution in [1.29, 1.82) is 0 Å². The van der Waals surface area contributed by atoms with Crippen LogP contribution >= 0.6 is 0 Å². The van der Waals surface area contributed by atoms with Crippen molar-refractivity contribution in [3.63, 3.8) is 0 Å². The topological polar surface area (TPSA) is 6.48 Å². The lowest BCUT2D eigenvalue weighted by molar-refractivity contribution is 0.280. The van der Waals surface area contributed by atoms with Gasteiger partial charge in [-0.15, -0.1) is 0 Å². The highest BCUT2D eigenvalue weighted by Crippen LogP contribution is 2.32. The number of para-hydroxylation sites is 1. The third-order valence-corrected chi connectivity index (χ3v) is 5.23. The minimum atomic E-state index is -0.536. The molecule has 0 atom stereocenters. The Morgan fingerprint density at radius 3 is 2.40 bits per heavy atom. The van der Waals surface area contributed by atoms with Crippen LogP contribution in [-0.2, 0) is 6.42 Å². The second-order valence-electron chi connectivity index (χ2n) is 6.86. The lowest BCUT2D eigenvalue weighted by atomic mass is 10.0. The minimum absolute atomic E-state index is 0.536. The van der Waals surface area contributed by atoms with Gasteiger partial charge in [0.2, 0.25) is 0 Å². The molecule has 0 aliphatic carbocycles. The Labute approximate surface area is 147 Å². The molecule has 25 heavy (non-hydrogen) atoms. The number of hydrogen-bond donors (Lipinski definition) is 0. The van der Waals surface area contributed by atoms with E-state index in [-0.39, 0.29) is 0 Å². The predicted octanol–water partition coefficient (Wildman–Crippen LogP) is 4.46. The first-order valence-corrected chi connectivity index (χ1v) is 8.92. The van der Waals surface area contributed by atoms with Crippen molar-refractivity contribution in [1.82, 2.24) is 4.90 Å². The van der Waals surface area contributed by atoms with E-state index in [1.165, 1.54) is 23.4 Å². The molecule has 0 N–H and O–H groups in total. The van der Waals surface area contributed by atoms with Crippen LogP contribution in [0.3, 0.4) is 0 Å². The molecule has 0 spiro atoms. The maximum Gasteiger partial charge on any atom is 0.126 e. The van der Waals surface area contributed by atoms with E-state index in [1.54, 1.807) is 6.08 Å². The van der Waals surface area contributed by atoms with Gasteiger partial charge in [-0.25, -0.2) is 8.78 Å². The van der Waals surface area contributed by atoms with E-state index >= 15 is 0 Å². The van der Waals surface area contributed by atoms with Gasteiger partial charge in [0, 0.05) is 37.4 Å². The van der Waals surface area contributed by atoms with Gasteiger partial charge in [-0.3, -0.25) is 0 Å². The number of nitrogens with zero attached hydrogens (tertiary/aromatic N) is 2. The number of likely N-dealkylation sites (tertiary alicyclic amines) is 1. The molecule has 130 valence electrons. The van der Waals surface area contributed by atoms with Crippen LogP contribution in [0.15, 0.2) is 48.7 Å². The molecule has 0 bridgehead atoms. The average Bonchev–Trinajstić information content (AvgIpc) is 3.04. The van der Waals surface area contributed by atoms with Crippen molar-refractivity contribution in [3.8, 4) is 0 Å². The third kappa shape index (κ3) is 3.53. The Bertz CT molecular complexity index is 759. The Morgan fingerprint density at radius 2 is 1.64 bits per heavy atom. The van der Waals surface area contributed by atoms with Crippen LogP contribution in [-0.4, -0.2) is 30.6 Å². The highest BCUT2D eigenvalue weighted by atomic mass is 19.1. The van der Waals surface area contributed by atoms with Gasteiger partial charge in [0.1, 0.15) is 11.6 Å². The summed E-state index contributed by atoms with van der Waals surface area (Å²) in [5.41, 5.74) is 3.41. The van der Waals surface area contributed by atoms with Crippen molar-refractivity contribution in [2.24, 2.45) is 0 Å². The van der Waals surface area contributed by atoms with E-state index in [9.17, 15) is 8.78 Å². The van der Waals surface area contributed by atoms with Gasteiger partial charge in [0.05, 0.1) is 0 Å². The summed E-state index contributed by atoms with van der Waals surface area (Å²) in [4.78, 5) is 4.79. The maximum absolute atomic E-state index is 13.2. The van der Waals surface area contributed by atoms with Gasteiger partial charge in [-0.05, 0) is 60.9 Å². The molecular weight excluding hydrogens is 318 g/mol. The second kappa shape index (κ2) is 6.87. The monoisotopic (exact) mass is 340 g/mol. The van der Waals surface area contributed by atoms with Gasteiger partial charge in [0.15, 0.2) is 0 Å². The van der Waals surface area contributed by atoms with Crippen molar-refractivity contribution < 1.29 is 8.78 Å². The number of fused-ring (bicyclic) bond motifs is 1. The Balaban J connectivity index is 1.37. The highest BCUT2D eigenvalue weighted by molar-refractivity contribution is 5.58.